The Labute approximate surface area is 91.3 Å². The van der Waals surface area contributed by atoms with Gasteiger partial charge in [0.2, 0.25) is 0 Å². The molecule has 0 saturated heterocycles. The third-order valence-corrected chi connectivity index (χ3v) is 2.90. The maximum absolute atomic E-state index is 11.2. The van der Waals surface area contributed by atoms with Crippen molar-refractivity contribution in [3.8, 4) is 0 Å². The van der Waals surface area contributed by atoms with Gasteiger partial charge in [-0.3, -0.25) is 4.79 Å². The van der Waals surface area contributed by atoms with E-state index < -0.39 is 0 Å². The fourth-order valence-corrected chi connectivity index (χ4v) is 1.20. The second-order valence-corrected chi connectivity index (χ2v) is 4.36. The van der Waals surface area contributed by atoms with Crippen LogP contribution in [-0.2, 0) is 0 Å². The molecule has 14 heavy (non-hydrogen) atoms. The number of hydrogen-bond donors (Lipinski definition) is 2. The van der Waals surface area contributed by atoms with E-state index in [1.165, 1.54) is 6.33 Å². The maximum Gasteiger partial charge on any atom is 0.267 e. The molecule has 1 aromatic rings. The minimum Gasteiger partial charge on any atom is -0.366 e. The standard InChI is InChI=1S/C9H14BrN3O/c1-5(2)6(3)13-8-7(10)9(14)12-4-11-8/h4-6H,1-3H3,(H2,11,12,13,14). The molecule has 0 aliphatic rings. The van der Waals surface area contributed by atoms with Crippen molar-refractivity contribution in [1.82, 2.24) is 9.97 Å². The van der Waals surface area contributed by atoms with Crippen LogP contribution in [0.2, 0.25) is 0 Å². The summed E-state index contributed by atoms with van der Waals surface area (Å²) in [5, 5.41) is 3.17. The summed E-state index contributed by atoms with van der Waals surface area (Å²) in [6.07, 6.45) is 1.39. The molecule has 0 saturated carbocycles. The molecule has 0 bridgehead atoms. The first-order chi connectivity index (χ1) is 6.52. The highest BCUT2D eigenvalue weighted by Gasteiger charge is 2.10. The number of hydrogen-bond acceptors (Lipinski definition) is 3. The third-order valence-electron chi connectivity index (χ3n) is 2.16. The highest BCUT2D eigenvalue weighted by molar-refractivity contribution is 9.10. The summed E-state index contributed by atoms with van der Waals surface area (Å²) in [5.41, 5.74) is -0.168. The zero-order valence-corrected chi connectivity index (χ0v) is 10.1. The highest BCUT2D eigenvalue weighted by Crippen LogP contribution is 2.16. The molecule has 1 unspecified atom stereocenters. The van der Waals surface area contributed by atoms with Crippen LogP contribution >= 0.6 is 15.9 Å². The Morgan fingerprint density at radius 3 is 2.71 bits per heavy atom. The van der Waals surface area contributed by atoms with Crippen LogP contribution in [0.15, 0.2) is 15.6 Å². The summed E-state index contributed by atoms with van der Waals surface area (Å²) in [6, 6.07) is 0.278. The van der Waals surface area contributed by atoms with Crippen molar-refractivity contribution < 1.29 is 0 Å². The molecular weight excluding hydrogens is 246 g/mol. The lowest BCUT2D eigenvalue weighted by Gasteiger charge is -2.18. The van der Waals surface area contributed by atoms with Gasteiger partial charge in [-0.05, 0) is 28.8 Å². The number of halogens is 1. The molecule has 0 amide bonds. The van der Waals surface area contributed by atoms with Crippen molar-refractivity contribution in [2.24, 2.45) is 5.92 Å². The fraction of sp³-hybridized carbons (Fsp3) is 0.556. The second-order valence-electron chi connectivity index (χ2n) is 3.57. The first-order valence-electron chi connectivity index (χ1n) is 4.52. The topological polar surface area (TPSA) is 57.8 Å². The van der Waals surface area contributed by atoms with E-state index in [-0.39, 0.29) is 11.6 Å². The van der Waals surface area contributed by atoms with Crippen molar-refractivity contribution in [3.05, 3.63) is 21.2 Å². The average Bonchev–Trinajstić information content (AvgIpc) is 2.12. The molecule has 1 atom stereocenters. The quantitative estimate of drug-likeness (QED) is 0.873. The van der Waals surface area contributed by atoms with Crippen molar-refractivity contribution in [3.63, 3.8) is 0 Å². The monoisotopic (exact) mass is 259 g/mol. The van der Waals surface area contributed by atoms with E-state index in [2.05, 4.69) is 52.0 Å². The molecule has 1 heterocycles. The van der Waals surface area contributed by atoms with Crippen molar-refractivity contribution in [2.45, 2.75) is 26.8 Å². The molecule has 1 rings (SSSR count). The molecular formula is C9H14BrN3O. The predicted octanol–water partition coefficient (Wildman–Crippen LogP) is 1.99. The first-order valence-corrected chi connectivity index (χ1v) is 5.31. The van der Waals surface area contributed by atoms with E-state index >= 15 is 0 Å². The smallest absolute Gasteiger partial charge is 0.267 e. The maximum atomic E-state index is 11.2. The molecule has 0 spiro atoms. The van der Waals surface area contributed by atoms with Crippen molar-refractivity contribution >= 4 is 21.7 Å². The van der Waals surface area contributed by atoms with Crippen LogP contribution in [0.5, 0.6) is 0 Å². The van der Waals surface area contributed by atoms with Gasteiger partial charge in [-0.1, -0.05) is 13.8 Å². The van der Waals surface area contributed by atoms with Gasteiger partial charge in [0.25, 0.3) is 5.56 Å². The molecule has 0 aliphatic carbocycles. The van der Waals surface area contributed by atoms with E-state index in [0.717, 1.165) is 0 Å². The van der Waals surface area contributed by atoms with Gasteiger partial charge in [-0.15, -0.1) is 0 Å². The van der Waals surface area contributed by atoms with Crippen LogP contribution in [0.4, 0.5) is 5.82 Å². The molecule has 0 radical (unpaired) electrons. The predicted molar refractivity (Wildman–Crippen MR) is 60.5 cm³/mol. The Morgan fingerprint density at radius 2 is 2.14 bits per heavy atom. The van der Waals surface area contributed by atoms with Gasteiger partial charge in [-0.25, -0.2) is 4.98 Å². The zero-order valence-electron chi connectivity index (χ0n) is 8.47. The number of aromatic amines is 1. The number of H-pyrrole nitrogens is 1. The Bertz CT molecular complexity index is 361. The van der Waals surface area contributed by atoms with Gasteiger partial charge >= 0.3 is 0 Å². The molecule has 5 heteroatoms. The van der Waals surface area contributed by atoms with Crippen LogP contribution in [-0.4, -0.2) is 16.0 Å². The molecule has 0 aliphatic heterocycles. The Hall–Kier alpha value is -0.840. The van der Waals surface area contributed by atoms with E-state index in [0.29, 0.717) is 16.2 Å². The minimum absolute atomic E-state index is 0.168. The van der Waals surface area contributed by atoms with E-state index in [9.17, 15) is 4.79 Å². The van der Waals surface area contributed by atoms with Gasteiger partial charge in [0, 0.05) is 6.04 Å². The first kappa shape index (κ1) is 11.2. The number of nitrogens with zero attached hydrogens (tertiary/aromatic N) is 1. The van der Waals surface area contributed by atoms with E-state index in [4.69, 9.17) is 0 Å². The Kier molecular flexibility index (Phi) is 3.69. The molecule has 4 nitrogen and oxygen atoms in total. The van der Waals surface area contributed by atoms with Crippen LogP contribution in [0.25, 0.3) is 0 Å². The van der Waals surface area contributed by atoms with E-state index in [1.54, 1.807) is 0 Å². The summed E-state index contributed by atoms with van der Waals surface area (Å²) in [6.45, 7) is 6.28. The summed E-state index contributed by atoms with van der Waals surface area (Å²) >= 11 is 3.19. The van der Waals surface area contributed by atoms with Crippen molar-refractivity contribution in [2.75, 3.05) is 5.32 Å². The van der Waals surface area contributed by atoms with Crippen molar-refractivity contribution in [1.29, 1.82) is 0 Å². The molecule has 2 N–H and O–H groups in total. The fourth-order valence-electron chi connectivity index (χ4n) is 0.866. The lowest BCUT2D eigenvalue weighted by molar-refractivity contribution is 0.558. The van der Waals surface area contributed by atoms with Gasteiger partial charge in [0.1, 0.15) is 10.3 Å². The minimum atomic E-state index is -0.168. The summed E-state index contributed by atoms with van der Waals surface area (Å²) in [4.78, 5) is 17.7. The Balaban J connectivity index is 2.87. The van der Waals surface area contributed by atoms with Gasteiger partial charge in [-0.2, -0.15) is 0 Å². The van der Waals surface area contributed by atoms with Gasteiger partial charge < -0.3 is 10.3 Å². The van der Waals surface area contributed by atoms with Crippen LogP contribution < -0.4 is 10.9 Å². The summed E-state index contributed by atoms with van der Waals surface area (Å²) < 4.78 is 0.451. The highest BCUT2D eigenvalue weighted by atomic mass is 79.9. The SMILES string of the molecule is CC(C)C(C)Nc1nc[nH]c(=O)c1Br. The largest absolute Gasteiger partial charge is 0.366 e. The molecule has 78 valence electrons. The molecule has 0 aromatic carbocycles. The molecule has 1 aromatic heterocycles. The summed E-state index contributed by atoms with van der Waals surface area (Å²) in [7, 11) is 0. The number of nitrogens with one attached hydrogen (secondary N) is 2. The number of rotatable bonds is 3. The van der Waals surface area contributed by atoms with Crippen LogP contribution in [0.1, 0.15) is 20.8 Å². The second kappa shape index (κ2) is 4.59. The zero-order chi connectivity index (χ0) is 10.7. The summed E-state index contributed by atoms with van der Waals surface area (Å²) in [5.74, 6) is 1.08. The lowest BCUT2D eigenvalue weighted by Crippen LogP contribution is -2.24. The van der Waals surface area contributed by atoms with Gasteiger partial charge in [0.15, 0.2) is 0 Å². The average molecular weight is 260 g/mol. The van der Waals surface area contributed by atoms with Gasteiger partial charge in [0.05, 0.1) is 6.33 Å². The number of anilines is 1. The lowest BCUT2D eigenvalue weighted by atomic mass is 10.1. The third kappa shape index (κ3) is 2.57. The van der Waals surface area contributed by atoms with Crippen LogP contribution in [0, 0.1) is 5.92 Å². The number of aromatic nitrogens is 2. The normalized spacial score (nSPS) is 12.9. The van der Waals surface area contributed by atoms with Crippen LogP contribution in [0.3, 0.4) is 0 Å². The Morgan fingerprint density at radius 1 is 1.50 bits per heavy atom. The molecule has 0 fully saturated rings. The van der Waals surface area contributed by atoms with E-state index in [1.807, 2.05) is 0 Å².